The lowest BCUT2D eigenvalue weighted by Gasteiger charge is -2.49. The second kappa shape index (κ2) is 9.38. The van der Waals surface area contributed by atoms with Crippen molar-refractivity contribution in [3.8, 4) is 5.75 Å². The summed E-state index contributed by atoms with van der Waals surface area (Å²) in [5.74, 6) is -1.11. The number of anilines is 1. The van der Waals surface area contributed by atoms with E-state index in [1.165, 1.54) is 51.9 Å². The summed E-state index contributed by atoms with van der Waals surface area (Å²) in [4.78, 5) is 38.2. The van der Waals surface area contributed by atoms with Crippen LogP contribution in [0.4, 0.5) is 5.69 Å². The van der Waals surface area contributed by atoms with Gasteiger partial charge in [-0.1, -0.05) is 29.2 Å². The van der Waals surface area contributed by atoms with Gasteiger partial charge in [-0.15, -0.1) is 22.0 Å². The molecule has 4 N–H and O–H groups in total. The lowest BCUT2D eigenvalue weighted by Crippen LogP contribution is -2.71. The lowest BCUT2D eigenvalue weighted by atomic mass is 10.0. The molecule has 1 fully saturated rings. The molecule has 1 saturated heterocycles. The molecule has 3 heterocycles. The maximum Gasteiger partial charge on any atom is 0.352 e. The van der Waals surface area contributed by atoms with Gasteiger partial charge in [0.05, 0.1) is 6.54 Å². The molecule has 1 aromatic carbocycles. The van der Waals surface area contributed by atoms with Gasteiger partial charge in [-0.2, -0.15) is 0 Å². The number of rotatable bonds is 8. The van der Waals surface area contributed by atoms with Crippen LogP contribution < -0.4 is 10.6 Å². The Morgan fingerprint density at radius 2 is 2.16 bits per heavy atom. The van der Waals surface area contributed by atoms with Crippen LogP contribution in [-0.4, -0.2) is 72.6 Å². The molecule has 10 nitrogen and oxygen atoms in total. The number of hydrogen-bond donors (Lipinski definition) is 4. The first-order valence-electron chi connectivity index (χ1n) is 9.48. The number of aliphatic carboxylic acids is 1. The number of β-lactam (4-membered cyclic amide) rings is 1. The number of phenols is 1. The number of fused-ring (bicyclic) bond motifs is 1. The third-order valence-corrected chi connectivity index (χ3v) is 8.14. The number of thioether (sulfide) groups is 2. The van der Waals surface area contributed by atoms with Crippen LogP contribution in [-0.2, 0) is 14.4 Å². The minimum absolute atomic E-state index is 0.0177. The number of hydrogen-bond acceptors (Lipinski definition) is 10. The van der Waals surface area contributed by atoms with Gasteiger partial charge in [-0.05, 0) is 24.6 Å². The minimum Gasteiger partial charge on any atom is -0.508 e. The van der Waals surface area contributed by atoms with E-state index < -0.39 is 29.2 Å². The second-order valence-corrected chi connectivity index (χ2v) is 10.5. The number of carbonyl (C=O) groups is 3. The van der Waals surface area contributed by atoms with Gasteiger partial charge in [0.1, 0.15) is 27.9 Å². The highest BCUT2D eigenvalue weighted by atomic mass is 32.2. The van der Waals surface area contributed by atoms with E-state index in [9.17, 15) is 24.6 Å². The molecule has 2 atom stereocenters. The van der Waals surface area contributed by atoms with Gasteiger partial charge in [0, 0.05) is 23.3 Å². The standard InChI is InChI=1S/C19H19N5O5S3/c1-9-22-23-19(32-9)31-8-10-7-30-17-14(16(27)24(17)15(10)18(28)29)21-13(26)6-20-11-3-2-4-12(25)5-11/h2-5,14,17,20,25H,6-8H2,1H3,(H,21,26)(H,28,29)/t14-,17+/m1/s1. The second-order valence-electron chi connectivity index (χ2n) is 6.99. The molecule has 4 rings (SSSR count). The van der Waals surface area contributed by atoms with Crippen molar-refractivity contribution in [1.29, 1.82) is 0 Å². The number of amides is 2. The maximum absolute atomic E-state index is 12.7. The van der Waals surface area contributed by atoms with E-state index in [1.807, 2.05) is 6.92 Å². The topological polar surface area (TPSA) is 145 Å². The van der Waals surface area contributed by atoms with E-state index in [-0.39, 0.29) is 18.0 Å². The van der Waals surface area contributed by atoms with Gasteiger partial charge >= 0.3 is 5.97 Å². The summed E-state index contributed by atoms with van der Waals surface area (Å²) in [5.41, 5.74) is 1.19. The fourth-order valence-corrected chi connectivity index (χ4v) is 6.60. The summed E-state index contributed by atoms with van der Waals surface area (Å²) in [6.07, 6.45) is 0. The van der Waals surface area contributed by atoms with Crippen LogP contribution in [0.15, 0.2) is 39.9 Å². The lowest BCUT2D eigenvalue weighted by molar-refractivity contribution is -0.150. The zero-order chi connectivity index (χ0) is 22.8. The molecule has 2 aliphatic rings. The molecule has 168 valence electrons. The zero-order valence-corrected chi connectivity index (χ0v) is 19.2. The predicted molar refractivity (Wildman–Crippen MR) is 122 cm³/mol. The largest absolute Gasteiger partial charge is 0.508 e. The van der Waals surface area contributed by atoms with Crippen molar-refractivity contribution in [3.05, 3.63) is 40.5 Å². The third kappa shape index (κ3) is 4.69. The summed E-state index contributed by atoms with van der Waals surface area (Å²) in [5, 5.41) is 33.1. The van der Waals surface area contributed by atoms with Crippen molar-refractivity contribution in [3.63, 3.8) is 0 Å². The number of carbonyl (C=O) groups excluding carboxylic acids is 2. The molecule has 0 bridgehead atoms. The molecule has 2 aliphatic heterocycles. The van der Waals surface area contributed by atoms with Crippen molar-refractivity contribution in [1.82, 2.24) is 20.4 Å². The zero-order valence-electron chi connectivity index (χ0n) is 16.8. The Hall–Kier alpha value is -2.77. The van der Waals surface area contributed by atoms with Crippen LogP contribution in [0.1, 0.15) is 5.01 Å². The predicted octanol–water partition coefficient (Wildman–Crippen LogP) is 1.49. The molecule has 1 aromatic heterocycles. The molecule has 13 heteroatoms. The normalized spacial score (nSPS) is 19.9. The Balaban J connectivity index is 1.38. The van der Waals surface area contributed by atoms with Crippen LogP contribution >= 0.6 is 34.9 Å². The van der Waals surface area contributed by atoms with Crippen LogP contribution in [0.5, 0.6) is 5.75 Å². The summed E-state index contributed by atoms with van der Waals surface area (Å²) in [6.45, 7) is 1.76. The highest BCUT2D eigenvalue weighted by Crippen LogP contribution is 2.41. The molecule has 2 amide bonds. The Bertz CT molecular complexity index is 1100. The number of nitrogens with one attached hydrogen (secondary N) is 2. The van der Waals surface area contributed by atoms with E-state index in [1.54, 1.807) is 12.1 Å². The minimum atomic E-state index is -1.16. The van der Waals surface area contributed by atoms with E-state index >= 15 is 0 Å². The first-order chi connectivity index (χ1) is 15.3. The Morgan fingerprint density at radius 3 is 2.84 bits per heavy atom. The monoisotopic (exact) mass is 493 g/mol. The number of nitrogens with zero attached hydrogens (tertiary/aromatic N) is 3. The van der Waals surface area contributed by atoms with Gasteiger partial charge in [-0.25, -0.2) is 4.79 Å². The number of carboxylic acids is 1. The van der Waals surface area contributed by atoms with Crippen molar-refractivity contribution >= 4 is 58.3 Å². The van der Waals surface area contributed by atoms with Crippen LogP contribution in [0.25, 0.3) is 0 Å². The van der Waals surface area contributed by atoms with Crippen LogP contribution in [0, 0.1) is 6.92 Å². The van der Waals surface area contributed by atoms with Crippen molar-refractivity contribution in [2.45, 2.75) is 22.7 Å². The smallest absolute Gasteiger partial charge is 0.352 e. The number of aryl methyl sites for hydroxylation is 1. The van der Waals surface area contributed by atoms with E-state index in [2.05, 4.69) is 20.8 Å². The first-order valence-corrected chi connectivity index (χ1v) is 12.3. The summed E-state index contributed by atoms with van der Waals surface area (Å²) < 4.78 is 0.742. The summed E-state index contributed by atoms with van der Waals surface area (Å²) in [6, 6.07) is 5.55. The molecular formula is C19H19N5O5S3. The van der Waals surface area contributed by atoms with Crippen LogP contribution in [0.2, 0.25) is 0 Å². The number of aromatic nitrogens is 2. The van der Waals surface area contributed by atoms with Crippen molar-refractivity contribution in [2.75, 3.05) is 23.4 Å². The highest BCUT2D eigenvalue weighted by Gasteiger charge is 2.54. The summed E-state index contributed by atoms with van der Waals surface area (Å²) >= 11 is 4.24. The molecule has 0 radical (unpaired) electrons. The average molecular weight is 494 g/mol. The van der Waals surface area contributed by atoms with Gasteiger partial charge in [0.15, 0.2) is 4.34 Å². The van der Waals surface area contributed by atoms with Gasteiger partial charge in [0.25, 0.3) is 5.91 Å². The van der Waals surface area contributed by atoms with Gasteiger partial charge in [-0.3, -0.25) is 14.5 Å². The van der Waals surface area contributed by atoms with Crippen molar-refractivity contribution < 1.29 is 24.6 Å². The molecule has 0 aliphatic carbocycles. The Labute approximate surface area is 195 Å². The van der Waals surface area contributed by atoms with E-state index in [4.69, 9.17) is 0 Å². The van der Waals surface area contributed by atoms with Crippen molar-refractivity contribution in [2.24, 2.45) is 0 Å². The van der Waals surface area contributed by atoms with E-state index in [0.29, 0.717) is 22.8 Å². The van der Waals surface area contributed by atoms with Gasteiger partial charge < -0.3 is 20.8 Å². The Kier molecular flexibility index (Phi) is 6.58. The third-order valence-electron chi connectivity index (χ3n) is 4.74. The number of benzene rings is 1. The van der Waals surface area contributed by atoms with Crippen LogP contribution in [0.3, 0.4) is 0 Å². The quantitative estimate of drug-likeness (QED) is 0.315. The molecular weight excluding hydrogens is 474 g/mol. The number of carboxylic acid groups (broad SMARTS) is 1. The number of phenolic OH excluding ortho intramolecular Hbond substituents is 1. The fraction of sp³-hybridized carbons (Fsp3) is 0.316. The highest BCUT2D eigenvalue weighted by molar-refractivity contribution is 8.01. The molecule has 32 heavy (non-hydrogen) atoms. The first kappa shape index (κ1) is 22.4. The summed E-state index contributed by atoms with van der Waals surface area (Å²) in [7, 11) is 0. The molecule has 0 saturated carbocycles. The number of aromatic hydroxyl groups is 1. The Morgan fingerprint density at radius 1 is 1.34 bits per heavy atom. The fourth-order valence-electron chi connectivity index (χ4n) is 3.30. The average Bonchev–Trinajstić information content (AvgIpc) is 3.18. The molecule has 0 spiro atoms. The SMILES string of the molecule is Cc1nnc(SCC2=C(C(=O)O)N3C(=O)[C@@H](NC(=O)CNc4cccc(O)c4)[C@@H]3SC2)s1. The molecule has 0 unspecified atom stereocenters. The maximum atomic E-state index is 12.7. The van der Waals surface area contributed by atoms with E-state index in [0.717, 1.165) is 9.35 Å². The molecule has 2 aromatic rings. The van der Waals surface area contributed by atoms with Gasteiger partial charge in [0.2, 0.25) is 5.91 Å².